The van der Waals surface area contributed by atoms with E-state index in [9.17, 15) is 19.8 Å². The average Bonchev–Trinajstić information content (AvgIpc) is 2.94. The number of benzene rings is 1. The summed E-state index contributed by atoms with van der Waals surface area (Å²) in [4.78, 5) is 24.7. The molecule has 0 atom stereocenters. The highest BCUT2D eigenvalue weighted by molar-refractivity contribution is 6.00. The number of carbonyl (C=O) groups excluding carboxylic acids is 2. The van der Waals surface area contributed by atoms with Gasteiger partial charge in [0.05, 0.1) is 19.8 Å². The van der Waals surface area contributed by atoms with Gasteiger partial charge in [-0.05, 0) is 38.1 Å². The number of hydrogen-bond donors (Lipinski definition) is 2. The first-order valence-corrected chi connectivity index (χ1v) is 8.69. The van der Waals surface area contributed by atoms with Gasteiger partial charge in [-0.1, -0.05) is 0 Å². The Bertz CT molecular complexity index is 784. The number of hydrogen-bond acceptors (Lipinski definition) is 8. The smallest absolute Gasteiger partial charge is 0.359 e. The molecule has 28 heavy (non-hydrogen) atoms. The number of aromatic hydroxyl groups is 2. The predicted molar refractivity (Wildman–Crippen MR) is 98.4 cm³/mol. The lowest BCUT2D eigenvalue weighted by Gasteiger charge is -2.13. The van der Waals surface area contributed by atoms with Crippen molar-refractivity contribution in [2.75, 3.05) is 33.5 Å². The number of aromatic nitrogens is 1. The van der Waals surface area contributed by atoms with Crippen LogP contribution in [0.4, 0.5) is 0 Å². The quantitative estimate of drug-likeness (QED) is 0.492. The summed E-state index contributed by atoms with van der Waals surface area (Å²) < 4.78 is 21.4. The lowest BCUT2D eigenvalue weighted by molar-refractivity contribution is 0.0507. The summed E-state index contributed by atoms with van der Waals surface area (Å²) in [5, 5.41) is 20.5. The minimum absolute atomic E-state index is 0.0469. The first-order chi connectivity index (χ1) is 13.5. The van der Waals surface area contributed by atoms with Gasteiger partial charge in [0, 0.05) is 12.8 Å². The van der Waals surface area contributed by atoms with Crippen LogP contribution >= 0.6 is 0 Å². The molecule has 1 aromatic carbocycles. The van der Waals surface area contributed by atoms with Crippen LogP contribution in [0.15, 0.2) is 24.3 Å². The van der Waals surface area contributed by atoms with Gasteiger partial charge in [-0.2, -0.15) is 0 Å². The Morgan fingerprint density at radius 2 is 1.39 bits per heavy atom. The molecule has 0 unspecified atom stereocenters. The largest absolute Gasteiger partial charge is 0.503 e. The van der Waals surface area contributed by atoms with E-state index in [1.54, 1.807) is 45.2 Å². The molecule has 2 N–H and O–H groups in total. The van der Waals surface area contributed by atoms with Gasteiger partial charge in [0.25, 0.3) is 0 Å². The average molecular weight is 393 g/mol. The second-order valence-corrected chi connectivity index (χ2v) is 5.51. The summed E-state index contributed by atoms with van der Waals surface area (Å²) in [7, 11) is 1.56. The molecule has 0 fully saturated rings. The molecule has 0 saturated heterocycles. The van der Waals surface area contributed by atoms with E-state index in [0.717, 1.165) is 4.57 Å². The number of rotatable bonds is 9. The summed E-state index contributed by atoms with van der Waals surface area (Å²) in [6, 6.07) is 6.35. The fraction of sp³-hybridized carbons (Fsp3) is 0.368. The molecule has 0 amide bonds. The number of esters is 2. The third-order valence-corrected chi connectivity index (χ3v) is 3.71. The molecule has 0 radical (unpaired) electrons. The zero-order chi connectivity index (χ0) is 20.7. The maximum absolute atomic E-state index is 12.3. The van der Waals surface area contributed by atoms with E-state index in [1.807, 2.05) is 0 Å². The van der Waals surface area contributed by atoms with Gasteiger partial charge in [-0.25, -0.2) is 9.59 Å². The first-order valence-electron chi connectivity index (χ1n) is 8.69. The van der Waals surface area contributed by atoms with Gasteiger partial charge in [-0.15, -0.1) is 0 Å². The molecule has 1 aromatic heterocycles. The van der Waals surface area contributed by atoms with Crippen LogP contribution in [0.5, 0.6) is 17.2 Å². The Hall–Kier alpha value is -3.20. The van der Waals surface area contributed by atoms with E-state index in [0.29, 0.717) is 24.7 Å². The van der Waals surface area contributed by atoms with Gasteiger partial charge in [0.1, 0.15) is 12.4 Å². The molecule has 9 heteroatoms. The highest BCUT2D eigenvalue weighted by Crippen LogP contribution is 2.39. The van der Waals surface area contributed by atoms with Crippen LogP contribution in [0.3, 0.4) is 0 Å². The minimum Gasteiger partial charge on any atom is -0.503 e. The number of carbonyl (C=O) groups is 2. The number of nitrogens with zero attached hydrogens (tertiary/aromatic N) is 1. The second kappa shape index (κ2) is 9.65. The molecule has 0 aliphatic rings. The van der Waals surface area contributed by atoms with Gasteiger partial charge < -0.3 is 29.2 Å². The van der Waals surface area contributed by atoms with Crippen LogP contribution in [0.2, 0.25) is 0 Å². The van der Waals surface area contributed by atoms with Crippen LogP contribution in [0, 0.1) is 0 Å². The molecule has 0 saturated carbocycles. The number of methoxy groups -OCH3 is 1. The SMILES string of the molecule is CCOC(=O)c1c(O)c(O)c(C(=O)OCC)n1-c1ccc(OCCOC)cc1. The van der Waals surface area contributed by atoms with Crippen LogP contribution in [-0.4, -0.2) is 60.3 Å². The van der Waals surface area contributed by atoms with E-state index in [1.165, 1.54) is 0 Å². The van der Waals surface area contributed by atoms with Gasteiger partial charge in [0.15, 0.2) is 22.9 Å². The molecule has 0 bridgehead atoms. The van der Waals surface area contributed by atoms with Gasteiger partial charge in [-0.3, -0.25) is 4.57 Å². The van der Waals surface area contributed by atoms with Gasteiger partial charge >= 0.3 is 11.9 Å². The van der Waals surface area contributed by atoms with Crippen molar-refractivity contribution in [1.82, 2.24) is 4.57 Å². The van der Waals surface area contributed by atoms with Crippen molar-refractivity contribution in [3.63, 3.8) is 0 Å². The third kappa shape index (κ3) is 4.37. The van der Waals surface area contributed by atoms with Crippen LogP contribution < -0.4 is 4.74 Å². The summed E-state index contributed by atoms with van der Waals surface area (Å²) >= 11 is 0. The lowest BCUT2D eigenvalue weighted by atomic mass is 10.2. The topological polar surface area (TPSA) is 116 Å². The first kappa shape index (κ1) is 21.1. The van der Waals surface area contributed by atoms with Crippen molar-refractivity contribution >= 4 is 11.9 Å². The predicted octanol–water partition coefficient (Wildman–Crippen LogP) is 2.27. The normalized spacial score (nSPS) is 10.5. The Morgan fingerprint density at radius 3 is 1.82 bits per heavy atom. The number of ether oxygens (including phenoxy) is 4. The summed E-state index contributed by atoms with van der Waals surface area (Å²) in [5.41, 5.74) is -0.438. The van der Waals surface area contributed by atoms with E-state index >= 15 is 0 Å². The fourth-order valence-corrected chi connectivity index (χ4v) is 2.52. The maximum Gasteiger partial charge on any atom is 0.359 e. The van der Waals surface area contributed by atoms with Crippen LogP contribution in [-0.2, 0) is 14.2 Å². The zero-order valence-electron chi connectivity index (χ0n) is 15.9. The van der Waals surface area contributed by atoms with Crippen LogP contribution in [0.25, 0.3) is 5.69 Å². The maximum atomic E-state index is 12.3. The summed E-state index contributed by atoms with van der Waals surface area (Å²) in [5.74, 6) is -2.78. The monoisotopic (exact) mass is 393 g/mol. The Kier molecular flexibility index (Phi) is 7.28. The molecule has 2 rings (SSSR count). The fourth-order valence-electron chi connectivity index (χ4n) is 2.52. The Labute approximate surface area is 162 Å². The Balaban J connectivity index is 2.54. The Morgan fingerprint density at radius 1 is 0.893 bits per heavy atom. The van der Waals surface area contributed by atoms with Crippen molar-refractivity contribution in [1.29, 1.82) is 0 Å². The van der Waals surface area contributed by atoms with Crippen molar-refractivity contribution in [3.05, 3.63) is 35.7 Å². The van der Waals surface area contributed by atoms with E-state index in [2.05, 4.69) is 0 Å². The highest BCUT2D eigenvalue weighted by Gasteiger charge is 2.33. The third-order valence-electron chi connectivity index (χ3n) is 3.71. The van der Waals surface area contributed by atoms with Crippen molar-refractivity contribution in [2.24, 2.45) is 0 Å². The highest BCUT2D eigenvalue weighted by atomic mass is 16.5. The molecule has 9 nitrogen and oxygen atoms in total. The molecular formula is C19H23NO8. The molecule has 2 aromatic rings. The van der Waals surface area contributed by atoms with Crippen molar-refractivity contribution in [3.8, 4) is 22.9 Å². The van der Waals surface area contributed by atoms with Crippen molar-refractivity contribution < 1.29 is 38.7 Å². The molecule has 0 aliphatic heterocycles. The van der Waals surface area contributed by atoms with E-state index in [-0.39, 0.29) is 24.6 Å². The summed E-state index contributed by atoms with van der Waals surface area (Å²) in [6.45, 7) is 4.06. The van der Waals surface area contributed by atoms with E-state index in [4.69, 9.17) is 18.9 Å². The standard InChI is InChI=1S/C19H23NO8/c1-4-26-18(23)14-16(21)17(22)15(19(24)27-5-2)20(14)12-6-8-13(9-7-12)28-11-10-25-3/h6-9,21-22H,4-5,10-11H2,1-3H3. The van der Waals surface area contributed by atoms with E-state index < -0.39 is 23.4 Å². The van der Waals surface area contributed by atoms with Gasteiger partial charge in [0.2, 0.25) is 0 Å². The molecule has 1 heterocycles. The van der Waals surface area contributed by atoms with Crippen LogP contribution in [0.1, 0.15) is 34.8 Å². The second-order valence-electron chi connectivity index (χ2n) is 5.51. The summed E-state index contributed by atoms with van der Waals surface area (Å²) in [6.07, 6.45) is 0. The lowest BCUT2D eigenvalue weighted by Crippen LogP contribution is -2.16. The molecular weight excluding hydrogens is 370 g/mol. The minimum atomic E-state index is -0.897. The zero-order valence-corrected chi connectivity index (χ0v) is 15.9. The van der Waals surface area contributed by atoms with Crippen molar-refractivity contribution in [2.45, 2.75) is 13.8 Å². The molecule has 152 valence electrons. The molecule has 0 spiro atoms. The molecule has 0 aliphatic carbocycles.